The summed E-state index contributed by atoms with van der Waals surface area (Å²) >= 11 is 0. The predicted molar refractivity (Wildman–Crippen MR) is 126 cm³/mol. The third-order valence-electron chi connectivity index (χ3n) is 10.5. The Balaban J connectivity index is 1.56. The third kappa shape index (κ3) is 3.87. The highest BCUT2D eigenvalue weighted by Crippen LogP contribution is 2.66. The van der Waals surface area contributed by atoms with Gasteiger partial charge in [-0.3, -0.25) is 0 Å². The number of aliphatic hydroxyl groups excluding tert-OH is 2. The predicted octanol–water partition coefficient (Wildman–Crippen LogP) is 5.64. The van der Waals surface area contributed by atoms with Crippen molar-refractivity contribution >= 4 is 0 Å². The molecule has 3 nitrogen and oxygen atoms in total. The van der Waals surface area contributed by atoms with Crippen molar-refractivity contribution in [3.63, 3.8) is 0 Å². The van der Waals surface area contributed by atoms with Crippen molar-refractivity contribution in [3.8, 4) is 0 Å². The molecular formula is C28H46O3. The zero-order valence-corrected chi connectivity index (χ0v) is 20.7. The molecule has 4 rings (SSSR count). The number of hydrogen-bond acceptors (Lipinski definition) is 3. The maximum absolute atomic E-state index is 11.1. The summed E-state index contributed by atoms with van der Waals surface area (Å²) in [6.45, 7) is 13.5. The molecule has 31 heavy (non-hydrogen) atoms. The van der Waals surface area contributed by atoms with Gasteiger partial charge in [0, 0.05) is 11.8 Å². The Morgan fingerprint density at radius 1 is 1.06 bits per heavy atom. The molecule has 0 aromatic rings. The fraction of sp³-hybridized carbons (Fsp3) is 0.857. The summed E-state index contributed by atoms with van der Waals surface area (Å²) in [5.74, 6) is 3.06. The molecule has 3 N–H and O–H groups in total. The van der Waals surface area contributed by atoms with E-state index in [2.05, 4.69) is 39.8 Å². The Bertz CT molecular complexity index is 746. The molecule has 3 saturated carbocycles. The molecular weight excluding hydrogens is 384 g/mol. The Morgan fingerprint density at radius 3 is 2.45 bits per heavy atom. The van der Waals surface area contributed by atoms with Gasteiger partial charge in [0.25, 0.3) is 0 Å². The van der Waals surface area contributed by atoms with Crippen molar-refractivity contribution in [2.45, 2.75) is 111 Å². The molecule has 0 aliphatic heterocycles. The number of rotatable bonds is 5. The molecule has 4 aliphatic rings. The zero-order chi connectivity index (χ0) is 22.8. The van der Waals surface area contributed by atoms with E-state index in [9.17, 15) is 15.3 Å². The highest BCUT2D eigenvalue weighted by atomic mass is 16.3. The molecule has 3 fully saturated rings. The lowest BCUT2D eigenvalue weighted by Gasteiger charge is -2.56. The van der Waals surface area contributed by atoms with Gasteiger partial charge in [-0.1, -0.05) is 51.0 Å². The highest BCUT2D eigenvalue weighted by Gasteiger charge is 2.59. The number of aliphatic hydroxyl groups is 3. The van der Waals surface area contributed by atoms with Gasteiger partial charge in [-0.2, -0.15) is 0 Å². The van der Waals surface area contributed by atoms with Crippen LogP contribution >= 0.6 is 0 Å². The van der Waals surface area contributed by atoms with Crippen LogP contribution in [0.1, 0.15) is 92.9 Å². The largest absolute Gasteiger partial charge is 0.393 e. The van der Waals surface area contributed by atoms with Gasteiger partial charge < -0.3 is 15.3 Å². The highest BCUT2D eigenvalue weighted by molar-refractivity contribution is 5.40. The quantitative estimate of drug-likeness (QED) is 0.529. The van der Waals surface area contributed by atoms with Crippen molar-refractivity contribution < 1.29 is 15.3 Å². The van der Waals surface area contributed by atoms with Crippen molar-refractivity contribution in [3.05, 3.63) is 23.3 Å². The van der Waals surface area contributed by atoms with Crippen molar-refractivity contribution in [2.24, 2.45) is 40.4 Å². The molecule has 0 unspecified atom stereocenters. The van der Waals surface area contributed by atoms with E-state index in [0.29, 0.717) is 41.9 Å². The van der Waals surface area contributed by atoms with E-state index < -0.39 is 17.8 Å². The van der Waals surface area contributed by atoms with Crippen LogP contribution < -0.4 is 0 Å². The zero-order valence-electron chi connectivity index (χ0n) is 20.7. The SMILES string of the molecule is C[C@@H]([C@H]1CC[C@H]2C3=CC=C4C[C@@H](O)C[C@H](O)[C@]4(C)[C@H]3CC[C@]12C)[C@@H](C)CCC(C)(C)O. The Labute approximate surface area is 190 Å². The minimum absolute atomic E-state index is 0.200. The van der Waals surface area contributed by atoms with Crippen molar-refractivity contribution in [1.29, 1.82) is 0 Å². The van der Waals surface area contributed by atoms with Gasteiger partial charge in [0.2, 0.25) is 0 Å². The van der Waals surface area contributed by atoms with Crippen LogP contribution in [0, 0.1) is 40.4 Å². The van der Waals surface area contributed by atoms with Crippen LogP contribution in [0.2, 0.25) is 0 Å². The second-order valence-corrected chi connectivity index (χ2v) is 12.8. The molecule has 3 heteroatoms. The lowest BCUT2D eigenvalue weighted by Crippen LogP contribution is -2.52. The summed E-state index contributed by atoms with van der Waals surface area (Å²) in [7, 11) is 0. The summed E-state index contributed by atoms with van der Waals surface area (Å²) in [6, 6.07) is 0. The van der Waals surface area contributed by atoms with E-state index in [1.165, 1.54) is 24.8 Å². The first-order valence-electron chi connectivity index (χ1n) is 12.9. The number of allylic oxidation sites excluding steroid dienone is 3. The van der Waals surface area contributed by atoms with Gasteiger partial charge in [-0.25, -0.2) is 0 Å². The second kappa shape index (κ2) is 7.99. The monoisotopic (exact) mass is 430 g/mol. The second-order valence-electron chi connectivity index (χ2n) is 12.8. The van der Waals surface area contributed by atoms with Gasteiger partial charge in [0.1, 0.15) is 0 Å². The molecule has 0 aromatic heterocycles. The smallest absolute Gasteiger partial charge is 0.0661 e. The Kier molecular flexibility index (Phi) is 6.06. The van der Waals surface area contributed by atoms with Crippen LogP contribution in [0.4, 0.5) is 0 Å². The number of fused-ring (bicyclic) bond motifs is 5. The molecule has 0 spiro atoms. The average Bonchev–Trinajstić information content (AvgIpc) is 3.03. The topological polar surface area (TPSA) is 60.7 Å². The molecule has 0 radical (unpaired) electrons. The lowest BCUT2D eigenvalue weighted by molar-refractivity contribution is -0.0554. The Hall–Kier alpha value is -0.640. The van der Waals surface area contributed by atoms with Crippen LogP contribution in [0.15, 0.2) is 23.3 Å². The van der Waals surface area contributed by atoms with Crippen LogP contribution in [-0.2, 0) is 0 Å². The molecule has 0 amide bonds. The molecule has 176 valence electrons. The fourth-order valence-electron chi connectivity index (χ4n) is 8.19. The molecule has 0 saturated heterocycles. The minimum atomic E-state index is -0.574. The maximum atomic E-state index is 11.1. The van der Waals surface area contributed by atoms with Crippen LogP contribution in [-0.4, -0.2) is 33.1 Å². The van der Waals surface area contributed by atoms with E-state index in [1.807, 2.05) is 13.8 Å². The van der Waals surface area contributed by atoms with Crippen molar-refractivity contribution in [2.75, 3.05) is 0 Å². The summed E-state index contributed by atoms with van der Waals surface area (Å²) in [6.07, 6.45) is 11.9. The van der Waals surface area contributed by atoms with Crippen LogP contribution in [0.5, 0.6) is 0 Å². The summed E-state index contributed by atoms with van der Waals surface area (Å²) in [4.78, 5) is 0. The molecule has 0 bridgehead atoms. The van der Waals surface area contributed by atoms with E-state index in [-0.39, 0.29) is 5.41 Å². The minimum Gasteiger partial charge on any atom is -0.393 e. The molecule has 9 atom stereocenters. The first-order valence-corrected chi connectivity index (χ1v) is 12.9. The fourth-order valence-corrected chi connectivity index (χ4v) is 8.19. The van der Waals surface area contributed by atoms with E-state index >= 15 is 0 Å². The molecule has 0 aromatic carbocycles. The standard InChI is InChI=1S/C28H46O3/c1-17(11-13-26(3,4)31)18(2)22-9-10-23-21-8-7-19-15-20(29)16-25(30)28(19,6)24(21)12-14-27(22,23)5/h7-8,17-18,20,22-25,29-31H,9-16H2,1-6H3/t17-,18+,20+,22+,23-,24-,25-,27+,28-/m0/s1. The van der Waals surface area contributed by atoms with Crippen molar-refractivity contribution in [1.82, 2.24) is 0 Å². The van der Waals surface area contributed by atoms with E-state index in [4.69, 9.17) is 0 Å². The first-order chi connectivity index (χ1) is 14.4. The van der Waals surface area contributed by atoms with E-state index in [0.717, 1.165) is 25.2 Å². The summed E-state index contributed by atoms with van der Waals surface area (Å²) in [5.41, 5.74) is 2.42. The van der Waals surface area contributed by atoms with Gasteiger partial charge in [-0.15, -0.1) is 0 Å². The van der Waals surface area contributed by atoms with Crippen LogP contribution in [0.3, 0.4) is 0 Å². The van der Waals surface area contributed by atoms with Gasteiger partial charge in [-0.05, 0) is 93.8 Å². The van der Waals surface area contributed by atoms with Gasteiger partial charge in [0.15, 0.2) is 0 Å². The molecule has 0 heterocycles. The van der Waals surface area contributed by atoms with Gasteiger partial charge >= 0.3 is 0 Å². The average molecular weight is 431 g/mol. The van der Waals surface area contributed by atoms with Gasteiger partial charge in [0.05, 0.1) is 17.8 Å². The lowest BCUT2D eigenvalue weighted by atomic mass is 9.49. The summed E-state index contributed by atoms with van der Waals surface area (Å²) in [5, 5.41) is 31.5. The summed E-state index contributed by atoms with van der Waals surface area (Å²) < 4.78 is 0. The van der Waals surface area contributed by atoms with E-state index in [1.54, 1.807) is 5.57 Å². The first kappa shape index (κ1) is 23.5. The van der Waals surface area contributed by atoms with Crippen LogP contribution in [0.25, 0.3) is 0 Å². The number of hydrogen-bond donors (Lipinski definition) is 3. The maximum Gasteiger partial charge on any atom is 0.0661 e. The third-order valence-corrected chi connectivity index (χ3v) is 10.5. The Morgan fingerprint density at radius 2 is 1.77 bits per heavy atom. The normalized spacial score (nSPS) is 44.5. The molecule has 4 aliphatic carbocycles.